The van der Waals surface area contributed by atoms with E-state index in [1.165, 1.54) is 92.2 Å². The van der Waals surface area contributed by atoms with Gasteiger partial charge in [-0.25, -0.2) is 0 Å². The Labute approximate surface area is 302 Å². The monoisotopic (exact) mass is 712 g/mol. The Morgan fingerprint density at radius 1 is 0.915 bits per heavy atom. The molecule has 0 spiro atoms. The Balaban J connectivity index is 0.00000600. The standard InChI is InChI=1S/C39H68N2O3S2.ClH/c1-28(2)13-12-14-29(3)33-17-18-34-32-16-15-30-25-31(19-21-38(30,4)35(32)20-22-39(33,34)5)44-37(43)27-46-45-26-36(42)41-24-11-9-7-6-8-10-23-40;/h15,28-29,31-35H,6-14,16-27,40H2,1-5H3,(H,41,42);1H/t29?,31-,32-,33+,34-,35-,38-,39+;/m0./s1. The highest BCUT2D eigenvalue weighted by atomic mass is 35.5. The fourth-order valence-corrected chi connectivity index (χ4v) is 12.1. The van der Waals surface area contributed by atoms with E-state index in [-0.39, 0.29) is 35.8 Å². The van der Waals surface area contributed by atoms with Crippen LogP contribution in [-0.4, -0.2) is 42.6 Å². The zero-order chi connectivity index (χ0) is 33.2. The van der Waals surface area contributed by atoms with Crippen LogP contribution in [0.5, 0.6) is 0 Å². The van der Waals surface area contributed by atoms with E-state index in [2.05, 4.69) is 46.0 Å². The summed E-state index contributed by atoms with van der Waals surface area (Å²) in [4.78, 5) is 24.9. The molecule has 4 aliphatic carbocycles. The molecule has 0 aromatic rings. The van der Waals surface area contributed by atoms with E-state index in [0.29, 0.717) is 16.9 Å². The normalized spacial score (nSPS) is 32.0. The number of unbranched alkanes of at least 4 members (excludes halogenated alkanes) is 5. The maximum Gasteiger partial charge on any atom is 0.317 e. The van der Waals surface area contributed by atoms with Crippen LogP contribution in [0, 0.1) is 46.3 Å². The highest BCUT2D eigenvalue weighted by Crippen LogP contribution is 2.67. The van der Waals surface area contributed by atoms with Gasteiger partial charge in [0.15, 0.2) is 0 Å². The molecule has 3 N–H and O–H groups in total. The van der Waals surface area contributed by atoms with Crippen molar-refractivity contribution in [2.45, 2.75) is 150 Å². The van der Waals surface area contributed by atoms with Crippen LogP contribution >= 0.6 is 34.0 Å². The quantitative estimate of drug-likeness (QED) is 0.0601. The summed E-state index contributed by atoms with van der Waals surface area (Å²) < 4.78 is 6.01. The minimum atomic E-state index is -0.136. The van der Waals surface area contributed by atoms with Gasteiger partial charge in [-0.1, -0.05) is 113 Å². The lowest BCUT2D eigenvalue weighted by Gasteiger charge is -2.58. The number of amides is 1. The number of fused-ring (bicyclic) bond motifs is 5. The molecule has 47 heavy (non-hydrogen) atoms. The third-order valence-corrected chi connectivity index (χ3v) is 15.1. The Bertz CT molecular complexity index is 1010. The molecule has 0 heterocycles. The van der Waals surface area contributed by atoms with Crippen LogP contribution in [0.1, 0.15) is 144 Å². The minimum absolute atomic E-state index is 0. The molecule has 8 heteroatoms. The van der Waals surface area contributed by atoms with Gasteiger partial charge in [-0.05, 0) is 111 Å². The zero-order valence-electron chi connectivity index (χ0n) is 30.5. The van der Waals surface area contributed by atoms with Gasteiger partial charge in [-0.15, -0.1) is 12.4 Å². The van der Waals surface area contributed by atoms with Crippen LogP contribution in [0.3, 0.4) is 0 Å². The van der Waals surface area contributed by atoms with Crippen molar-refractivity contribution in [3.63, 3.8) is 0 Å². The van der Waals surface area contributed by atoms with Crippen molar-refractivity contribution in [3.8, 4) is 0 Å². The number of esters is 1. The number of carbonyl (C=O) groups excluding carboxylic acids is 2. The van der Waals surface area contributed by atoms with Crippen molar-refractivity contribution in [1.29, 1.82) is 0 Å². The molecule has 0 aromatic carbocycles. The van der Waals surface area contributed by atoms with Gasteiger partial charge in [0.25, 0.3) is 0 Å². The predicted octanol–water partition coefficient (Wildman–Crippen LogP) is 10.2. The summed E-state index contributed by atoms with van der Waals surface area (Å²) in [6.45, 7) is 14.0. The summed E-state index contributed by atoms with van der Waals surface area (Å²) in [6, 6.07) is 0. The molecule has 3 fully saturated rings. The van der Waals surface area contributed by atoms with Crippen molar-refractivity contribution in [1.82, 2.24) is 5.32 Å². The minimum Gasteiger partial charge on any atom is -0.461 e. The van der Waals surface area contributed by atoms with Gasteiger partial charge in [0.1, 0.15) is 11.9 Å². The first-order valence-corrected chi connectivity index (χ1v) is 21.7. The molecule has 5 nitrogen and oxygen atoms in total. The summed E-state index contributed by atoms with van der Waals surface area (Å²) >= 11 is 0. The lowest BCUT2D eigenvalue weighted by molar-refractivity contribution is -0.148. The molecule has 3 saturated carbocycles. The predicted molar refractivity (Wildman–Crippen MR) is 205 cm³/mol. The second kappa shape index (κ2) is 19.9. The van der Waals surface area contributed by atoms with Crippen LogP contribution < -0.4 is 11.1 Å². The van der Waals surface area contributed by atoms with Crippen LogP contribution in [0.15, 0.2) is 11.6 Å². The molecule has 4 rings (SSSR count). The Hall–Kier alpha value is -0.370. The number of allylic oxidation sites excluding steroid dienone is 1. The number of halogens is 1. The number of carbonyl (C=O) groups is 2. The summed E-state index contributed by atoms with van der Waals surface area (Å²) in [5.74, 6) is 5.66. The average molecular weight is 714 g/mol. The number of nitrogens with one attached hydrogen (secondary N) is 1. The molecule has 0 aliphatic heterocycles. The number of hydrogen-bond acceptors (Lipinski definition) is 6. The van der Waals surface area contributed by atoms with Crippen LogP contribution in [0.2, 0.25) is 0 Å². The Morgan fingerprint density at radius 3 is 2.38 bits per heavy atom. The maximum atomic E-state index is 12.7. The molecule has 1 unspecified atom stereocenters. The van der Waals surface area contributed by atoms with E-state index in [9.17, 15) is 9.59 Å². The van der Waals surface area contributed by atoms with Gasteiger partial charge >= 0.3 is 5.97 Å². The number of rotatable bonds is 19. The summed E-state index contributed by atoms with van der Waals surface area (Å²) in [7, 11) is 2.90. The Kier molecular flexibility index (Phi) is 17.4. The zero-order valence-corrected chi connectivity index (χ0v) is 32.9. The fraction of sp³-hybridized carbons (Fsp3) is 0.897. The molecule has 4 aliphatic rings. The van der Waals surface area contributed by atoms with E-state index in [1.54, 1.807) is 5.57 Å². The average Bonchev–Trinajstić information content (AvgIpc) is 3.38. The highest BCUT2D eigenvalue weighted by molar-refractivity contribution is 8.77. The van der Waals surface area contributed by atoms with Gasteiger partial charge in [0.2, 0.25) is 5.91 Å². The van der Waals surface area contributed by atoms with Crippen molar-refractivity contribution in [2.75, 3.05) is 24.6 Å². The smallest absolute Gasteiger partial charge is 0.317 e. The molecule has 8 atom stereocenters. The molecule has 0 aromatic heterocycles. The molecular formula is C39H69ClN2O3S2. The van der Waals surface area contributed by atoms with E-state index >= 15 is 0 Å². The molecule has 272 valence electrons. The van der Waals surface area contributed by atoms with Crippen LogP contribution in [0.25, 0.3) is 0 Å². The number of nitrogens with two attached hydrogens (primary N) is 1. The number of ether oxygens (including phenoxy) is 1. The van der Waals surface area contributed by atoms with E-state index in [0.717, 1.165) is 87.1 Å². The van der Waals surface area contributed by atoms with Gasteiger partial charge in [0, 0.05) is 13.0 Å². The third-order valence-electron chi connectivity index (χ3n) is 13.0. The summed E-state index contributed by atoms with van der Waals surface area (Å²) in [5.41, 5.74) is 7.91. The van der Waals surface area contributed by atoms with E-state index < -0.39 is 0 Å². The van der Waals surface area contributed by atoms with Gasteiger partial charge in [-0.3, -0.25) is 9.59 Å². The van der Waals surface area contributed by atoms with Gasteiger partial charge < -0.3 is 15.8 Å². The van der Waals surface area contributed by atoms with Crippen molar-refractivity contribution in [2.24, 2.45) is 52.1 Å². The summed E-state index contributed by atoms with van der Waals surface area (Å²) in [6.07, 6.45) is 23.6. The first kappa shape index (κ1) is 41.1. The first-order chi connectivity index (χ1) is 22.1. The van der Waals surface area contributed by atoms with Crippen LogP contribution in [-0.2, 0) is 14.3 Å². The van der Waals surface area contributed by atoms with E-state index in [4.69, 9.17) is 10.5 Å². The maximum absolute atomic E-state index is 12.7. The molecule has 0 radical (unpaired) electrons. The molecule has 0 saturated heterocycles. The van der Waals surface area contributed by atoms with Gasteiger partial charge in [0.05, 0.1) is 5.75 Å². The first-order valence-electron chi connectivity index (χ1n) is 19.2. The lowest BCUT2D eigenvalue weighted by atomic mass is 9.47. The fourth-order valence-electron chi connectivity index (χ4n) is 10.4. The number of hydrogen-bond donors (Lipinski definition) is 2. The SMILES string of the molecule is CC(C)CCCC(C)[C@H]1CC[C@H]2[C@@H]3CC=C4C[C@@H](OC(=O)CSSCC(=O)NCCCCCCCCN)CC[C@]4(C)[C@H]3CC[C@]12C.Cl. The largest absolute Gasteiger partial charge is 0.461 e. The van der Waals surface area contributed by atoms with Crippen molar-refractivity contribution >= 4 is 45.9 Å². The highest BCUT2D eigenvalue weighted by Gasteiger charge is 2.59. The lowest BCUT2D eigenvalue weighted by Crippen LogP contribution is -2.51. The van der Waals surface area contributed by atoms with Crippen molar-refractivity contribution < 1.29 is 14.3 Å². The second-order valence-corrected chi connectivity index (χ2v) is 18.9. The topological polar surface area (TPSA) is 81.4 Å². The Morgan fingerprint density at radius 2 is 1.64 bits per heavy atom. The summed E-state index contributed by atoms with van der Waals surface area (Å²) in [5, 5.41) is 3.00. The molecule has 0 bridgehead atoms. The van der Waals surface area contributed by atoms with Crippen molar-refractivity contribution in [3.05, 3.63) is 11.6 Å². The van der Waals surface area contributed by atoms with Crippen LogP contribution in [0.4, 0.5) is 0 Å². The van der Waals surface area contributed by atoms with E-state index in [1.807, 2.05) is 0 Å². The molecular weight excluding hydrogens is 644 g/mol. The third kappa shape index (κ3) is 11.1. The second-order valence-electron chi connectivity index (χ2n) is 16.4. The molecule has 1 amide bonds. The van der Waals surface area contributed by atoms with Gasteiger partial charge in [-0.2, -0.15) is 0 Å².